The summed E-state index contributed by atoms with van der Waals surface area (Å²) in [5, 5.41) is 3.91. The van der Waals surface area contributed by atoms with E-state index in [2.05, 4.69) is 10.1 Å². The quantitative estimate of drug-likeness (QED) is 0.628. The highest BCUT2D eigenvalue weighted by atomic mass is 16.2. The maximum absolute atomic E-state index is 11.6. The summed E-state index contributed by atoms with van der Waals surface area (Å²) < 4.78 is 3.00. The molecule has 0 amide bonds. The van der Waals surface area contributed by atoms with Gasteiger partial charge in [-0.15, -0.1) is 0 Å². The van der Waals surface area contributed by atoms with Gasteiger partial charge in [0.2, 0.25) is 0 Å². The Labute approximate surface area is 74.6 Å². The van der Waals surface area contributed by atoms with E-state index in [1.54, 1.807) is 30.3 Å². The number of rotatable bonds is 1. The molecule has 0 unspecified atom stereocenters. The zero-order valence-electron chi connectivity index (χ0n) is 7.08. The highest BCUT2D eigenvalue weighted by Gasteiger charge is 2.08. The van der Waals surface area contributed by atoms with Gasteiger partial charge in [0.25, 0.3) is 5.91 Å². The van der Waals surface area contributed by atoms with Gasteiger partial charge in [-0.05, 0) is 0 Å². The van der Waals surface area contributed by atoms with Gasteiger partial charge < -0.3 is 0 Å². The van der Waals surface area contributed by atoms with E-state index in [4.69, 9.17) is 0 Å². The Hall–Kier alpha value is -1.91. The summed E-state index contributed by atoms with van der Waals surface area (Å²) >= 11 is 0. The molecule has 0 spiro atoms. The minimum Gasteiger partial charge on any atom is -0.275 e. The first kappa shape index (κ1) is 7.72. The second-order valence-electron chi connectivity index (χ2n) is 2.68. The van der Waals surface area contributed by atoms with Crippen LogP contribution in [0.3, 0.4) is 0 Å². The summed E-state index contributed by atoms with van der Waals surface area (Å²) in [6.45, 7) is 0. The van der Waals surface area contributed by atoms with Crippen LogP contribution < -0.4 is 0 Å². The molecule has 0 aliphatic carbocycles. The zero-order chi connectivity index (χ0) is 9.26. The molecule has 0 atom stereocenters. The normalized spacial score (nSPS) is 10.2. The maximum Gasteiger partial charge on any atom is 0.266 e. The van der Waals surface area contributed by atoms with Crippen molar-refractivity contribution in [2.24, 2.45) is 7.05 Å². The summed E-state index contributed by atoms with van der Waals surface area (Å²) in [7, 11) is 1.77. The predicted octanol–water partition coefficient (Wildman–Crippen LogP) is 0.305. The number of imidazole rings is 1. The van der Waals surface area contributed by atoms with Gasteiger partial charge in [-0.2, -0.15) is 5.10 Å². The monoisotopic (exact) mass is 176 g/mol. The largest absolute Gasteiger partial charge is 0.275 e. The fourth-order valence-electron chi connectivity index (χ4n) is 1.06. The average Bonchev–Trinajstić information content (AvgIpc) is 2.72. The Balaban J connectivity index is 2.33. The fourth-order valence-corrected chi connectivity index (χ4v) is 1.06. The van der Waals surface area contributed by atoms with Crippen molar-refractivity contribution in [2.75, 3.05) is 0 Å². The molecule has 0 saturated heterocycles. The van der Waals surface area contributed by atoms with Gasteiger partial charge in [0, 0.05) is 25.6 Å². The highest BCUT2D eigenvalue weighted by molar-refractivity contribution is 5.95. The van der Waals surface area contributed by atoms with Crippen molar-refractivity contribution in [1.29, 1.82) is 0 Å². The minimum atomic E-state index is -0.120. The second kappa shape index (κ2) is 2.85. The van der Waals surface area contributed by atoms with Gasteiger partial charge in [-0.25, -0.2) is 4.98 Å². The lowest BCUT2D eigenvalue weighted by atomic mass is 10.3. The number of aromatic nitrogens is 4. The van der Waals surface area contributed by atoms with Crippen LogP contribution >= 0.6 is 0 Å². The van der Waals surface area contributed by atoms with E-state index in [9.17, 15) is 4.79 Å². The molecule has 0 aliphatic heterocycles. The third-order valence-electron chi connectivity index (χ3n) is 1.69. The van der Waals surface area contributed by atoms with Crippen LogP contribution in [0.2, 0.25) is 0 Å². The Bertz CT molecular complexity index is 415. The van der Waals surface area contributed by atoms with Crippen LogP contribution in [-0.4, -0.2) is 25.2 Å². The molecule has 0 saturated carbocycles. The first-order valence-corrected chi connectivity index (χ1v) is 3.78. The Kier molecular flexibility index (Phi) is 1.70. The van der Waals surface area contributed by atoms with E-state index in [1.807, 2.05) is 0 Å². The molecule has 66 valence electrons. The minimum absolute atomic E-state index is 0.120. The summed E-state index contributed by atoms with van der Waals surface area (Å²) in [4.78, 5) is 15.4. The van der Waals surface area contributed by atoms with Crippen molar-refractivity contribution in [3.8, 4) is 0 Å². The van der Waals surface area contributed by atoms with Crippen LogP contribution in [-0.2, 0) is 7.05 Å². The van der Waals surface area contributed by atoms with E-state index in [-0.39, 0.29) is 5.91 Å². The maximum atomic E-state index is 11.6. The van der Waals surface area contributed by atoms with Crippen LogP contribution in [0.4, 0.5) is 0 Å². The van der Waals surface area contributed by atoms with Crippen molar-refractivity contribution in [1.82, 2.24) is 19.3 Å². The van der Waals surface area contributed by atoms with Gasteiger partial charge in [0.15, 0.2) is 0 Å². The van der Waals surface area contributed by atoms with Crippen molar-refractivity contribution in [3.63, 3.8) is 0 Å². The molecule has 0 radical (unpaired) electrons. The number of nitrogens with zero attached hydrogens (tertiary/aromatic N) is 4. The molecule has 2 rings (SSSR count). The molecule has 0 fully saturated rings. The van der Waals surface area contributed by atoms with E-state index >= 15 is 0 Å². The number of carbonyl (C=O) groups excluding carboxylic acids is 1. The van der Waals surface area contributed by atoms with E-state index < -0.39 is 0 Å². The second-order valence-corrected chi connectivity index (χ2v) is 2.68. The van der Waals surface area contributed by atoms with Crippen LogP contribution in [0.1, 0.15) is 10.4 Å². The van der Waals surface area contributed by atoms with Gasteiger partial charge in [0.1, 0.15) is 6.33 Å². The van der Waals surface area contributed by atoms with Gasteiger partial charge in [0.05, 0.1) is 11.8 Å². The molecule has 0 N–H and O–H groups in total. The molecule has 0 bridgehead atoms. The number of hydrogen-bond acceptors (Lipinski definition) is 3. The summed E-state index contributed by atoms with van der Waals surface area (Å²) in [6.07, 6.45) is 7.84. The summed E-state index contributed by atoms with van der Waals surface area (Å²) in [6, 6.07) is 0. The van der Waals surface area contributed by atoms with Crippen molar-refractivity contribution in [3.05, 3.63) is 36.7 Å². The lowest BCUT2D eigenvalue weighted by Gasteiger charge is -1.94. The molecule has 0 aromatic carbocycles. The number of aryl methyl sites for hydroxylation is 1. The van der Waals surface area contributed by atoms with Crippen molar-refractivity contribution in [2.45, 2.75) is 0 Å². The lowest BCUT2D eigenvalue weighted by molar-refractivity contribution is 0.0959. The molecule has 2 aromatic heterocycles. The highest BCUT2D eigenvalue weighted by Crippen LogP contribution is 2.00. The van der Waals surface area contributed by atoms with Crippen LogP contribution in [0.25, 0.3) is 0 Å². The molecule has 2 aromatic rings. The van der Waals surface area contributed by atoms with E-state index in [0.29, 0.717) is 5.56 Å². The van der Waals surface area contributed by atoms with E-state index in [0.717, 1.165) is 0 Å². The smallest absolute Gasteiger partial charge is 0.266 e. The summed E-state index contributed by atoms with van der Waals surface area (Å²) in [5.41, 5.74) is 0.556. The van der Waals surface area contributed by atoms with Crippen molar-refractivity contribution >= 4 is 5.91 Å². The number of hydrogen-bond donors (Lipinski definition) is 0. The Morgan fingerprint density at radius 3 is 2.92 bits per heavy atom. The topological polar surface area (TPSA) is 52.7 Å². The fraction of sp³-hybridized carbons (Fsp3) is 0.125. The predicted molar refractivity (Wildman–Crippen MR) is 45.2 cm³/mol. The standard InChI is InChI=1S/C8H8N4O/c1-11-5-7(4-10-11)8(13)12-3-2-9-6-12/h2-6H,1H3. The van der Waals surface area contributed by atoms with Crippen LogP contribution in [0.5, 0.6) is 0 Å². The third-order valence-corrected chi connectivity index (χ3v) is 1.69. The molecule has 5 nitrogen and oxygen atoms in total. The number of carbonyl (C=O) groups is 1. The average molecular weight is 176 g/mol. The first-order chi connectivity index (χ1) is 6.27. The molecule has 0 aliphatic rings. The molecular formula is C8H8N4O. The first-order valence-electron chi connectivity index (χ1n) is 3.78. The van der Waals surface area contributed by atoms with Crippen molar-refractivity contribution < 1.29 is 4.79 Å². The van der Waals surface area contributed by atoms with E-state index in [1.165, 1.54) is 17.1 Å². The Morgan fingerprint density at radius 2 is 2.38 bits per heavy atom. The van der Waals surface area contributed by atoms with Gasteiger partial charge in [-0.1, -0.05) is 0 Å². The van der Waals surface area contributed by atoms with Crippen LogP contribution in [0.15, 0.2) is 31.1 Å². The molecule has 5 heteroatoms. The SMILES string of the molecule is Cn1cc(C(=O)n2ccnc2)cn1. The van der Waals surface area contributed by atoms with Gasteiger partial charge in [-0.3, -0.25) is 14.0 Å². The zero-order valence-corrected chi connectivity index (χ0v) is 7.08. The molecule has 13 heavy (non-hydrogen) atoms. The van der Waals surface area contributed by atoms with Crippen LogP contribution in [0, 0.1) is 0 Å². The molecule has 2 heterocycles. The summed E-state index contributed by atoms with van der Waals surface area (Å²) in [5.74, 6) is -0.120. The third kappa shape index (κ3) is 1.35. The lowest BCUT2D eigenvalue weighted by Crippen LogP contribution is -2.08. The van der Waals surface area contributed by atoms with Gasteiger partial charge >= 0.3 is 0 Å². The Morgan fingerprint density at radius 1 is 1.54 bits per heavy atom. The molecular weight excluding hydrogens is 168 g/mol.